The number of benzene rings is 1. The molecule has 0 aliphatic heterocycles. The Hall–Kier alpha value is -2.70. The highest BCUT2D eigenvalue weighted by Gasteiger charge is 2.16. The van der Waals surface area contributed by atoms with Gasteiger partial charge in [0.15, 0.2) is 0 Å². The number of aryl methyl sites for hydroxylation is 1. The third-order valence-corrected chi connectivity index (χ3v) is 2.51. The van der Waals surface area contributed by atoms with Gasteiger partial charge < -0.3 is 10.4 Å². The Morgan fingerprint density at radius 3 is 2.68 bits per heavy atom. The Labute approximate surface area is 107 Å². The number of carboxylic acid groups (broad SMARTS) is 1. The third kappa shape index (κ3) is 2.59. The van der Waals surface area contributed by atoms with Crippen LogP contribution in [-0.4, -0.2) is 26.8 Å². The number of hydrogen-bond acceptors (Lipinski definition) is 3. The van der Waals surface area contributed by atoms with Gasteiger partial charge in [-0.2, -0.15) is 5.10 Å². The molecule has 1 aromatic heterocycles. The molecule has 0 saturated carbocycles. The molecule has 2 N–H and O–H groups in total. The number of carboxylic acids is 1. The fourth-order valence-corrected chi connectivity index (χ4v) is 1.59. The van der Waals surface area contributed by atoms with Crippen molar-refractivity contribution in [3.8, 4) is 0 Å². The van der Waals surface area contributed by atoms with Crippen molar-refractivity contribution < 1.29 is 19.1 Å². The summed E-state index contributed by atoms with van der Waals surface area (Å²) in [6, 6.07) is 4.61. The molecule has 0 unspecified atom stereocenters. The van der Waals surface area contributed by atoms with E-state index in [0.717, 1.165) is 12.1 Å². The minimum Gasteiger partial charge on any atom is -0.478 e. The first-order valence-corrected chi connectivity index (χ1v) is 5.31. The number of rotatable bonds is 3. The summed E-state index contributed by atoms with van der Waals surface area (Å²) < 4.78 is 14.3. The van der Waals surface area contributed by atoms with Crippen molar-refractivity contribution in [1.82, 2.24) is 9.78 Å². The maximum absolute atomic E-state index is 13.0. The number of aromatic carboxylic acids is 1. The van der Waals surface area contributed by atoms with Crippen LogP contribution in [0.2, 0.25) is 0 Å². The van der Waals surface area contributed by atoms with Crippen molar-refractivity contribution in [2.75, 3.05) is 5.32 Å². The zero-order valence-corrected chi connectivity index (χ0v) is 9.92. The van der Waals surface area contributed by atoms with Crippen LogP contribution in [0, 0.1) is 5.82 Å². The lowest BCUT2D eigenvalue weighted by Crippen LogP contribution is -2.18. The summed E-state index contributed by atoms with van der Waals surface area (Å²) in [5.74, 6) is -2.52. The molecule has 0 aliphatic carbocycles. The predicted molar refractivity (Wildman–Crippen MR) is 64.5 cm³/mol. The lowest BCUT2D eigenvalue weighted by Gasteiger charge is -2.08. The molecule has 2 rings (SSSR count). The van der Waals surface area contributed by atoms with Crippen LogP contribution in [-0.2, 0) is 7.05 Å². The fraction of sp³-hybridized carbons (Fsp3) is 0.0833. The standard InChI is InChI=1S/C12H10FN3O3/c1-16-10(4-5-14-16)11(17)15-9-3-2-7(13)6-8(9)12(18)19/h2-6H,1H3,(H,15,17)(H,18,19). The van der Waals surface area contributed by atoms with Crippen molar-refractivity contribution >= 4 is 17.6 Å². The second-order valence-electron chi connectivity index (χ2n) is 3.79. The van der Waals surface area contributed by atoms with Crippen LogP contribution >= 0.6 is 0 Å². The zero-order valence-electron chi connectivity index (χ0n) is 9.92. The molecule has 0 aliphatic rings. The molecule has 2 aromatic rings. The Morgan fingerprint density at radius 1 is 1.37 bits per heavy atom. The minimum atomic E-state index is -1.32. The molecule has 7 heteroatoms. The van der Waals surface area contributed by atoms with Crippen molar-refractivity contribution in [3.05, 3.63) is 47.5 Å². The van der Waals surface area contributed by atoms with Crippen LogP contribution in [0.15, 0.2) is 30.5 Å². The molecular formula is C12H10FN3O3. The summed E-state index contributed by atoms with van der Waals surface area (Å²) >= 11 is 0. The van der Waals surface area contributed by atoms with E-state index in [9.17, 15) is 14.0 Å². The smallest absolute Gasteiger partial charge is 0.337 e. The van der Waals surface area contributed by atoms with Crippen LogP contribution < -0.4 is 5.32 Å². The Bertz CT molecular complexity index is 651. The number of anilines is 1. The van der Waals surface area contributed by atoms with Crippen molar-refractivity contribution in [1.29, 1.82) is 0 Å². The zero-order chi connectivity index (χ0) is 14.0. The van der Waals surface area contributed by atoms with E-state index < -0.39 is 17.7 Å². The molecule has 19 heavy (non-hydrogen) atoms. The first kappa shape index (κ1) is 12.7. The Balaban J connectivity index is 2.32. The van der Waals surface area contributed by atoms with Gasteiger partial charge in [0.05, 0.1) is 11.3 Å². The Morgan fingerprint density at radius 2 is 2.11 bits per heavy atom. The SMILES string of the molecule is Cn1nccc1C(=O)Nc1ccc(F)cc1C(=O)O. The van der Waals surface area contributed by atoms with Gasteiger partial charge >= 0.3 is 5.97 Å². The van der Waals surface area contributed by atoms with Gasteiger partial charge in [0.1, 0.15) is 11.5 Å². The number of carbonyl (C=O) groups is 2. The van der Waals surface area contributed by atoms with Crippen LogP contribution in [0.25, 0.3) is 0 Å². The molecule has 0 saturated heterocycles. The summed E-state index contributed by atoms with van der Waals surface area (Å²) in [5, 5.41) is 15.2. The number of nitrogens with one attached hydrogen (secondary N) is 1. The van der Waals surface area contributed by atoms with Crippen molar-refractivity contribution in [2.45, 2.75) is 0 Å². The van der Waals surface area contributed by atoms with Crippen molar-refractivity contribution in [2.24, 2.45) is 7.05 Å². The van der Waals surface area contributed by atoms with E-state index >= 15 is 0 Å². The molecule has 1 heterocycles. The van der Waals surface area contributed by atoms with Crippen LogP contribution in [0.4, 0.5) is 10.1 Å². The van der Waals surface area contributed by atoms with E-state index in [1.165, 1.54) is 23.0 Å². The fourth-order valence-electron chi connectivity index (χ4n) is 1.59. The maximum atomic E-state index is 13.0. The highest BCUT2D eigenvalue weighted by molar-refractivity contribution is 6.06. The highest BCUT2D eigenvalue weighted by Crippen LogP contribution is 2.18. The Kier molecular flexibility index (Phi) is 3.28. The van der Waals surface area contributed by atoms with E-state index in [1.807, 2.05) is 0 Å². The van der Waals surface area contributed by atoms with E-state index in [-0.39, 0.29) is 16.9 Å². The van der Waals surface area contributed by atoms with Gasteiger partial charge in [-0.25, -0.2) is 9.18 Å². The average Bonchev–Trinajstić information content (AvgIpc) is 2.77. The number of nitrogens with zero attached hydrogens (tertiary/aromatic N) is 2. The molecule has 0 radical (unpaired) electrons. The first-order valence-electron chi connectivity index (χ1n) is 5.31. The minimum absolute atomic E-state index is 0.0279. The quantitative estimate of drug-likeness (QED) is 0.879. The number of amides is 1. The first-order chi connectivity index (χ1) is 8.99. The maximum Gasteiger partial charge on any atom is 0.337 e. The molecule has 0 spiro atoms. The van der Waals surface area contributed by atoms with E-state index in [1.54, 1.807) is 7.05 Å². The van der Waals surface area contributed by atoms with Gasteiger partial charge in [0.25, 0.3) is 5.91 Å². The number of aromatic nitrogens is 2. The lowest BCUT2D eigenvalue weighted by molar-refractivity contribution is 0.0697. The normalized spacial score (nSPS) is 10.2. The second kappa shape index (κ2) is 4.89. The number of halogens is 1. The molecular weight excluding hydrogens is 253 g/mol. The topological polar surface area (TPSA) is 84.2 Å². The highest BCUT2D eigenvalue weighted by atomic mass is 19.1. The molecule has 0 bridgehead atoms. The average molecular weight is 263 g/mol. The van der Waals surface area contributed by atoms with Crippen LogP contribution in [0.5, 0.6) is 0 Å². The summed E-state index contributed by atoms with van der Waals surface area (Å²) in [7, 11) is 1.58. The van der Waals surface area contributed by atoms with E-state index in [2.05, 4.69) is 10.4 Å². The summed E-state index contributed by atoms with van der Waals surface area (Å²) in [6.45, 7) is 0. The van der Waals surface area contributed by atoms with E-state index in [4.69, 9.17) is 5.11 Å². The molecule has 1 amide bonds. The lowest BCUT2D eigenvalue weighted by atomic mass is 10.1. The summed E-state index contributed by atoms with van der Waals surface area (Å²) in [4.78, 5) is 22.9. The molecule has 6 nitrogen and oxygen atoms in total. The summed E-state index contributed by atoms with van der Waals surface area (Å²) in [6.07, 6.45) is 1.44. The van der Waals surface area contributed by atoms with Crippen LogP contribution in [0.3, 0.4) is 0 Å². The van der Waals surface area contributed by atoms with Gasteiger partial charge in [-0.3, -0.25) is 9.48 Å². The van der Waals surface area contributed by atoms with Crippen LogP contribution in [0.1, 0.15) is 20.8 Å². The molecule has 0 fully saturated rings. The van der Waals surface area contributed by atoms with Gasteiger partial charge in [-0.05, 0) is 24.3 Å². The predicted octanol–water partition coefficient (Wildman–Crippen LogP) is 1.51. The van der Waals surface area contributed by atoms with Gasteiger partial charge in [0, 0.05) is 13.2 Å². The molecule has 0 atom stereocenters. The number of carbonyl (C=O) groups excluding carboxylic acids is 1. The summed E-state index contributed by atoms with van der Waals surface area (Å²) in [5.41, 5.74) is -0.0173. The largest absolute Gasteiger partial charge is 0.478 e. The molecule has 1 aromatic carbocycles. The number of hydrogen-bond donors (Lipinski definition) is 2. The monoisotopic (exact) mass is 263 g/mol. The second-order valence-corrected chi connectivity index (χ2v) is 3.79. The van der Waals surface area contributed by atoms with E-state index in [0.29, 0.717) is 0 Å². The van der Waals surface area contributed by atoms with Gasteiger partial charge in [-0.15, -0.1) is 0 Å². The van der Waals surface area contributed by atoms with Gasteiger partial charge in [0.2, 0.25) is 0 Å². The molecule has 98 valence electrons. The van der Waals surface area contributed by atoms with Gasteiger partial charge in [-0.1, -0.05) is 0 Å². The van der Waals surface area contributed by atoms with Crippen molar-refractivity contribution in [3.63, 3.8) is 0 Å². The third-order valence-electron chi connectivity index (χ3n) is 2.51.